The van der Waals surface area contributed by atoms with E-state index in [0.717, 1.165) is 24.8 Å². The summed E-state index contributed by atoms with van der Waals surface area (Å²) in [5.74, 6) is -2.56. The van der Waals surface area contributed by atoms with Crippen molar-refractivity contribution in [2.24, 2.45) is 5.73 Å². The van der Waals surface area contributed by atoms with Crippen LogP contribution in [-0.2, 0) is 6.42 Å². The second kappa shape index (κ2) is 8.10. The lowest BCUT2D eigenvalue weighted by atomic mass is 10.00. The fourth-order valence-electron chi connectivity index (χ4n) is 2.66. The smallest absolute Gasteiger partial charge is 0.183 e. The van der Waals surface area contributed by atoms with Crippen LogP contribution in [0.5, 0.6) is 0 Å². The van der Waals surface area contributed by atoms with E-state index in [1.807, 2.05) is 6.92 Å². The Morgan fingerprint density at radius 2 is 1.84 bits per heavy atom. The molecule has 0 spiro atoms. The predicted octanol–water partition coefficient (Wildman–Crippen LogP) is 5.82. The Morgan fingerprint density at radius 1 is 1.12 bits per heavy atom. The number of nitrogens with two attached hydrogens (primary N) is 1. The van der Waals surface area contributed by atoms with Crippen molar-refractivity contribution in [1.29, 1.82) is 0 Å². The van der Waals surface area contributed by atoms with Gasteiger partial charge in [0, 0.05) is 11.3 Å². The summed E-state index contributed by atoms with van der Waals surface area (Å²) >= 11 is 0. The summed E-state index contributed by atoms with van der Waals surface area (Å²) in [6, 6.07) is 5.95. The molecule has 0 heterocycles. The van der Waals surface area contributed by atoms with Crippen LogP contribution in [0.3, 0.4) is 0 Å². The Labute approximate surface area is 146 Å². The van der Waals surface area contributed by atoms with Crippen molar-refractivity contribution >= 4 is 17.1 Å². The maximum Gasteiger partial charge on any atom is 0.183 e. The summed E-state index contributed by atoms with van der Waals surface area (Å²) in [7, 11) is 0. The molecule has 0 saturated heterocycles. The molecule has 0 radical (unpaired) electrons. The normalized spacial score (nSPS) is 10.8. The maximum absolute atomic E-state index is 14.6. The number of benzene rings is 2. The molecule has 5 heteroatoms. The number of hydrogen-bond acceptors (Lipinski definition) is 2. The highest BCUT2D eigenvalue weighted by molar-refractivity contribution is 5.78. The Hall–Kier alpha value is -2.43. The molecule has 0 aromatic heterocycles. The number of halogens is 3. The fourth-order valence-corrected chi connectivity index (χ4v) is 2.66. The van der Waals surface area contributed by atoms with Gasteiger partial charge in [-0.25, -0.2) is 13.2 Å². The average Bonchev–Trinajstić information content (AvgIpc) is 2.55. The lowest BCUT2D eigenvalue weighted by Gasteiger charge is -2.17. The molecule has 25 heavy (non-hydrogen) atoms. The van der Waals surface area contributed by atoms with Gasteiger partial charge in [0.1, 0.15) is 5.82 Å². The molecule has 3 N–H and O–H groups in total. The van der Waals surface area contributed by atoms with Gasteiger partial charge in [-0.3, -0.25) is 0 Å². The van der Waals surface area contributed by atoms with E-state index in [9.17, 15) is 13.2 Å². The molecule has 0 atom stereocenters. The molecule has 2 rings (SSSR count). The highest BCUT2D eigenvalue weighted by Crippen LogP contribution is 2.32. The molecule has 2 aromatic carbocycles. The topological polar surface area (TPSA) is 38.0 Å². The van der Waals surface area contributed by atoms with E-state index in [2.05, 4.69) is 11.9 Å². The second-order valence-corrected chi connectivity index (χ2v) is 6.18. The van der Waals surface area contributed by atoms with Crippen LogP contribution in [0.4, 0.5) is 24.5 Å². The van der Waals surface area contributed by atoms with E-state index < -0.39 is 17.5 Å². The SMILES string of the molecule is C=C(N)c1cc(CCCCC)c(F)c(F)c1Nc1ccc(C)cc1F. The first-order valence-corrected chi connectivity index (χ1v) is 8.34. The van der Waals surface area contributed by atoms with E-state index in [-0.39, 0.29) is 28.2 Å². The van der Waals surface area contributed by atoms with Crippen molar-refractivity contribution < 1.29 is 13.2 Å². The van der Waals surface area contributed by atoms with E-state index in [0.29, 0.717) is 6.42 Å². The Morgan fingerprint density at radius 3 is 2.44 bits per heavy atom. The first kappa shape index (κ1) is 18.9. The van der Waals surface area contributed by atoms with Crippen molar-refractivity contribution in [2.45, 2.75) is 39.5 Å². The third-order valence-electron chi connectivity index (χ3n) is 4.06. The van der Waals surface area contributed by atoms with Gasteiger partial charge in [-0.05, 0) is 49.1 Å². The Kier molecular flexibility index (Phi) is 6.12. The second-order valence-electron chi connectivity index (χ2n) is 6.18. The van der Waals surface area contributed by atoms with Gasteiger partial charge >= 0.3 is 0 Å². The zero-order valence-corrected chi connectivity index (χ0v) is 14.6. The third-order valence-corrected chi connectivity index (χ3v) is 4.06. The summed E-state index contributed by atoms with van der Waals surface area (Å²) in [5.41, 5.74) is 6.91. The minimum atomic E-state index is -1.07. The molecule has 2 aromatic rings. The monoisotopic (exact) mass is 348 g/mol. The highest BCUT2D eigenvalue weighted by atomic mass is 19.2. The maximum atomic E-state index is 14.6. The summed E-state index contributed by atoms with van der Waals surface area (Å²) in [4.78, 5) is 0. The first-order valence-electron chi connectivity index (χ1n) is 8.34. The van der Waals surface area contributed by atoms with E-state index >= 15 is 0 Å². The lowest BCUT2D eigenvalue weighted by molar-refractivity contribution is 0.498. The number of nitrogens with one attached hydrogen (secondary N) is 1. The molecule has 0 fully saturated rings. The molecule has 0 amide bonds. The van der Waals surface area contributed by atoms with Crippen LogP contribution < -0.4 is 11.1 Å². The van der Waals surface area contributed by atoms with Gasteiger partial charge in [0.2, 0.25) is 0 Å². The number of aryl methyl sites for hydroxylation is 2. The number of rotatable bonds is 7. The highest BCUT2D eigenvalue weighted by Gasteiger charge is 2.20. The van der Waals surface area contributed by atoms with Gasteiger partial charge in [0.25, 0.3) is 0 Å². The van der Waals surface area contributed by atoms with Crippen molar-refractivity contribution in [3.8, 4) is 0 Å². The van der Waals surface area contributed by atoms with Crippen LogP contribution in [0, 0.1) is 24.4 Å². The van der Waals surface area contributed by atoms with Crippen LogP contribution >= 0.6 is 0 Å². The van der Waals surface area contributed by atoms with Crippen molar-refractivity contribution in [1.82, 2.24) is 0 Å². The minimum Gasteiger partial charge on any atom is -0.399 e. The van der Waals surface area contributed by atoms with Crippen LogP contribution in [0.25, 0.3) is 5.70 Å². The Bertz CT molecular complexity index is 785. The molecule has 0 saturated carbocycles. The van der Waals surface area contributed by atoms with Gasteiger partial charge in [0.15, 0.2) is 11.6 Å². The molecule has 2 nitrogen and oxygen atoms in total. The standard InChI is InChI=1S/C20H23F3N2/c1-4-5-6-7-14-11-15(13(3)24)20(19(23)18(14)22)25-17-9-8-12(2)10-16(17)21/h8-11,25H,3-7,24H2,1-2H3. The summed E-state index contributed by atoms with van der Waals surface area (Å²) < 4.78 is 43.1. The number of anilines is 2. The average molecular weight is 348 g/mol. The number of hydrogen-bond donors (Lipinski definition) is 2. The zero-order valence-electron chi connectivity index (χ0n) is 14.6. The fraction of sp³-hybridized carbons (Fsp3) is 0.300. The van der Waals surface area contributed by atoms with E-state index in [1.54, 1.807) is 13.0 Å². The predicted molar refractivity (Wildman–Crippen MR) is 97.2 cm³/mol. The van der Waals surface area contributed by atoms with Crippen LogP contribution in [0.2, 0.25) is 0 Å². The molecule has 0 unspecified atom stereocenters. The van der Waals surface area contributed by atoms with Crippen molar-refractivity contribution in [3.05, 3.63) is 65.0 Å². The zero-order chi connectivity index (χ0) is 18.6. The van der Waals surface area contributed by atoms with Gasteiger partial charge in [-0.2, -0.15) is 0 Å². The molecule has 0 aliphatic carbocycles. The van der Waals surface area contributed by atoms with Crippen molar-refractivity contribution in [3.63, 3.8) is 0 Å². The minimum absolute atomic E-state index is 0.0464. The van der Waals surface area contributed by atoms with Gasteiger partial charge in [0.05, 0.1) is 11.4 Å². The molecular weight excluding hydrogens is 325 g/mol. The summed E-state index contributed by atoms with van der Waals surface area (Å²) in [6.07, 6.45) is 3.07. The molecular formula is C20H23F3N2. The van der Waals surface area contributed by atoms with Gasteiger partial charge < -0.3 is 11.1 Å². The number of unbranched alkanes of at least 4 members (excludes halogenated alkanes) is 2. The summed E-state index contributed by atoms with van der Waals surface area (Å²) in [5, 5.41) is 2.62. The molecule has 0 bridgehead atoms. The molecule has 134 valence electrons. The van der Waals surface area contributed by atoms with E-state index in [4.69, 9.17) is 5.73 Å². The first-order chi connectivity index (χ1) is 11.8. The largest absolute Gasteiger partial charge is 0.399 e. The molecule has 0 aliphatic rings. The van der Waals surface area contributed by atoms with Crippen molar-refractivity contribution in [2.75, 3.05) is 5.32 Å². The van der Waals surface area contributed by atoms with E-state index in [1.165, 1.54) is 18.2 Å². The summed E-state index contributed by atoms with van der Waals surface area (Å²) in [6.45, 7) is 7.40. The van der Waals surface area contributed by atoms with Crippen LogP contribution in [0.15, 0.2) is 30.8 Å². The molecule has 0 aliphatic heterocycles. The van der Waals surface area contributed by atoms with Gasteiger partial charge in [-0.15, -0.1) is 0 Å². The van der Waals surface area contributed by atoms with Crippen LogP contribution in [-0.4, -0.2) is 0 Å². The lowest BCUT2D eigenvalue weighted by Crippen LogP contribution is -2.08. The quantitative estimate of drug-likeness (QED) is 0.619. The van der Waals surface area contributed by atoms with Crippen LogP contribution in [0.1, 0.15) is 42.9 Å². The van der Waals surface area contributed by atoms with Gasteiger partial charge in [-0.1, -0.05) is 32.4 Å². The Balaban J connectivity index is 2.46. The third kappa shape index (κ3) is 4.35.